The largest absolute Gasteiger partial charge is 0.465 e. The molecule has 0 bridgehead atoms. The van der Waals surface area contributed by atoms with Gasteiger partial charge in [-0.1, -0.05) is 13.3 Å². The highest BCUT2D eigenvalue weighted by Crippen LogP contribution is 2.21. The maximum atomic E-state index is 11.9. The van der Waals surface area contributed by atoms with Gasteiger partial charge in [-0.25, -0.2) is 0 Å². The van der Waals surface area contributed by atoms with E-state index >= 15 is 0 Å². The van der Waals surface area contributed by atoms with E-state index in [2.05, 4.69) is 17.1 Å². The van der Waals surface area contributed by atoms with E-state index in [9.17, 15) is 4.79 Å². The summed E-state index contributed by atoms with van der Waals surface area (Å²) < 4.78 is 5.17. The smallest absolute Gasteiger partial charge is 0.323 e. The molecule has 0 saturated carbocycles. The van der Waals surface area contributed by atoms with Gasteiger partial charge in [0.2, 0.25) is 0 Å². The van der Waals surface area contributed by atoms with Gasteiger partial charge in [-0.15, -0.1) is 0 Å². The maximum absolute atomic E-state index is 11.9. The van der Waals surface area contributed by atoms with Crippen LogP contribution in [0.25, 0.3) is 0 Å². The molecule has 1 fully saturated rings. The number of nitrogens with zero attached hydrogens (tertiary/aromatic N) is 1. The molecule has 0 aliphatic carbocycles. The molecule has 2 unspecified atom stereocenters. The lowest BCUT2D eigenvalue weighted by molar-refractivity contribution is -0.149. The van der Waals surface area contributed by atoms with Gasteiger partial charge in [-0.3, -0.25) is 9.69 Å². The highest BCUT2D eigenvalue weighted by molar-refractivity contribution is 5.75. The lowest BCUT2D eigenvalue weighted by Crippen LogP contribution is -2.41. The number of ether oxygens (including phenoxy) is 1. The Labute approximate surface area is 105 Å². The van der Waals surface area contributed by atoms with E-state index in [4.69, 9.17) is 4.74 Å². The minimum Gasteiger partial charge on any atom is -0.465 e. The fraction of sp³-hybridized carbons (Fsp3) is 0.923. The Morgan fingerprint density at radius 3 is 2.88 bits per heavy atom. The number of esters is 1. The van der Waals surface area contributed by atoms with Crippen LogP contribution in [0.4, 0.5) is 0 Å². The Morgan fingerprint density at radius 2 is 2.29 bits per heavy atom. The molecule has 1 heterocycles. The Hall–Kier alpha value is -0.610. The summed E-state index contributed by atoms with van der Waals surface area (Å²) in [5.41, 5.74) is 0. The summed E-state index contributed by atoms with van der Waals surface area (Å²) in [5, 5.41) is 3.21. The number of carbonyl (C=O) groups is 1. The molecule has 0 spiro atoms. The normalized spacial score (nSPS) is 22.6. The molecule has 1 saturated heterocycles. The van der Waals surface area contributed by atoms with E-state index < -0.39 is 0 Å². The number of carbonyl (C=O) groups excluding carboxylic acids is 1. The monoisotopic (exact) mass is 242 g/mol. The number of hydrogen-bond acceptors (Lipinski definition) is 4. The second-order valence-corrected chi connectivity index (χ2v) is 4.76. The zero-order chi connectivity index (χ0) is 12.7. The Kier molecular flexibility index (Phi) is 6.52. The highest BCUT2D eigenvalue weighted by atomic mass is 16.5. The van der Waals surface area contributed by atoms with Crippen LogP contribution in [0.2, 0.25) is 0 Å². The lowest BCUT2D eigenvalue weighted by Gasteiger charge is -2.25. The fourth-order valence-electron chi connectivity index (χ4n) is 2.56. The Morgan fingerprint density at radius 1 is 1.53 bits per heavy atom. The predicted molar refractivity (Wildman–Crippen MR) is 68.9 cm³/mol. The third kappa shape index (κ3) is 4.28. The molecule has 0 aromatic carbocycles. The molecular formula is C13H26N2O2. The van der Waals surface area contributed by atoms with Gasteiger partial charge in [-0.05, 0) is 45.8 Å². The van der Waals surface area contributed by atoms with E-state index in [-0.39, 0.29) is 12.0 Å². The summed E-state index contributed by atoms with van der Waals surface area (Å²) >= 11 is 0. The Balaban J connectivity index is 2.50. The molecule has 17 heavy (non-hydrogen) atoms. The van der Waals surface area contributed by atoms with Crippen LogP contribution < -0.4 is 5.32 Å². The van der Waals surface area contributed by atoms with Crippen molar-refractivity contribution >= 4 is 5.97 Å². The van der Waals surface area contributed by atoms with Crippen LogP contribution in [0.1, 0.15) is 33.1 Å². The molecule has 1 aliphatic rings. The van der Waals surface area contributed by atoms with Crippen LogP contribution in [0.5, 0.6) is 0 Å². The first-order valence-electron chi connectivity index (χ1n) is 6.78. The van der Waals surface area contributed by atoms with Gasteiger partial charge < -0.3 is 10.1 Å². The first kappa shape index (κ1) is 14.5. The number of nitrogens with one attached hydrogen (secondary N) is 1. The van der Waals surface area contributed by atoms with Crippen molar-refractivity contribution < 1.29 is 9.53 Å². The summed E-state index contributed by atoms with van der Waals surface area (Å²) in [4.78, 5) is 14.2. The van der Waals surface area contributed by atoms with Gasteiger partial charge in [0.1, 0.15) is 6.04 Å². The van der Waals surface area contributed by atoms with Crippen LogP contribution in [0.3, 0.4) is 0 Å². The van der Waals surface area contributed by atoms with Crippen molar-refractivity contribution in [3.8, 4) is 0 Å². The Bertz CT molecular complexity index is 233. The molecule has 0 aromatic heterocycles. The average Bonchev–Trinajstić information content (AvgIpc) is 2.75. The summed E-state index contributed by atoms with van der Waals surface area (Å²) in [5.74, 6) is 0.633. The van der Waals surface area contributed by atoms with Crippen molar-refractivity contribution in [3.05, 3.63) is 0 Å². The van der Waals surface area contributed by atoms with E-state index in [1.165, 1.54) is 6.42 Å². The number of likely N-dealkylation sites (tertiary alicyclic amines) is 1. The molecule has 100 valence electrons. The minimum absolute atomic E-state index is 0.0261. The predicted octanol–water partition coefficient (Wildman–Crippen LogP) is 1.26. The van der Waals surface area contributed by atoms with E-state index in [0.29, 0.717) is 12.5 Å². The highest BCUT2D eigenvalue weighted by Gasteiger charge is 2.32. The quantitative estimate of drug-likeness (QED) is 0.682. The van der Waals surface area contributed by atoms with Crippen LogP contribution in [-0.2, 0) is 9.53 Å². The van der Waals surface area contributed by atoms with E-state index in [1.807, 2.05) is 14.0 Å². The van der Waals surface area contributed by atoms with E-state index in [1.54, 1.807) is 0 Å². The number of hydrogen-bond donors (Lipinski definition) is 1. The van der Waals surface area contributed by atoms with E-state index in [0.717, 1.165) is 32.5 Å². The molecule has 4 heteroatoms. The van der Waals surface area contributed by atoms with Crippen molar-refractivity contribution in [2.24, 2.45) is 5.92 Å². The van der Waals surface area contributed by atoms with Crippen molar-refractivity contribution in [2.45, 2.75) is 39.2 Å². The van der Waals surface area contributed by atoms with Crippen LogP contribution >= 0.6 is 0 Å². The second kappa shape index (κ2) is 7.67. The zero-order valence-corrected chi connectivity index (χ0v) is 11.4. The molecule has 1 N–H and O–H groups in total. The summed E-state index contributed by atoms with van der Waals surface area (Å²) in [6, 6.07) is -0.0261. The average molecular weight is 242 g/mol. The summed E-state index contributed by atoms with van der Waals surface area (Å²) in [6.45, 7) is 7.55. The molecule has 1 aliphatic heterocycles. The van der Waals surface area contributed by atoms with Crippen LogP contribution in [0.15, 0.2) is 0 Å². The summed E-state index contributed by atoms with van der Waals surface area (Å²) in [6.07, 6.45) is 3.11. The SMILES string of the molecule is CCCC(C(=O)OCC)N1CCC(CNC)C1. The topological polar surface area (TPSA) is 41.6 Å². The molecular weight excluding hydrogens is 216 g/mol. The van der Waals surface area contributed by atoms with Gasteiger partial charge in [0.25, 0.3) is 0 Å². The van der Waals surface area contributed by atoms with Crippen molar-refractivity contribution in [3.63, 3.8) is 0 Å². The molecule has 1 rings (SSSR count). The maximum Gasteiger partial charge on any atom is 0.323 e. The first-order valence-corrected chi connectivity index (χ1v) is 6.78. The third-order valence-corrected chi connectivity index (χ3v) is 3.37. The van der Waals surface area contributed by atoms with Gasteiger partial charge in [0, 0.05) is 6.54 Å². The molecule has 0 radical (unpaired) electrons. The van der Waals surface area contributed by atoms with Gasteiger partial charge >= 0.3 is 5.97 Å². The van der Waals surface area contributed by atoms with Gasteiger partial charge in [0.15, 0.2) is 0 Å². The third-order valence-electron chi connectivity index (χ3n) is 3.37. The first-order chi connectivity index (χ1) is 8.22. The zero-order valence-electron chi connectivity index (χ0n) is 11.4. The van der Waals surface area contributed by atoms with Crippen LogP contribution in [-0.4, -0.2) is 50.2 Å². The van der Waals surface area contributed by atoms with Crippen LogP contribution in [0, 0.1) is 5.92 Å². The molecule has 4 nitrogen and oxygen atoms in total. The van der Waals surface area contributed by atoms with Gasteiger partial charge in [0.05, 0.1) is 6.61 Å². The van der Waals surface area contributed by atoms with Crippen molar-refractivity contribution in [1.82, 2.24) is 10.2 Å². The standard InChI is InChI=1S/C13H26N2O2/c1-4-6-12(13(16)17-5-2)15-8-7-11(10-15)9-14-3/h11-12,14H,4-10H2,1-3H3. The fourth-order valence-corrected chi connectivity index (χ4v) is 2.56. The molecule has 2 atom stereocenters. The second-order valence-electron chi connectivity index (χ2n) is 4.76. The molecule has 0 aromatic rings. The van der Waals surface area contributed by atoms with Crippen molar-refractivity contribution in [2.75, 3.05) is 33.3 Å². The number of rotatable bonds is 7. The minimum atomic E-state index is -0.0422. The molecule has 0 amide bonds. The summed E-state index contributed by atoms with van der Waals surface area (Å²) in [7, 11) is 1.98. The van der Waals surface area contributed by atoms with Crippen molar-refractivity contribution in [1.29, 1.82) is 0 Å². The lowest BCUT2D eigenvalue weighted by atomic mass is 10.1. The van der Waals surface area contributed by atoms with Gasteiger partial charge in [-0.2, -0.15) is 0 Å².